The van der Waals surface area contributed by atoms with E-state index in [0.29, 0.717) is 0 Å². The normalized spacial score (nSPS) is 10.9. The topological polar surface area (TPSA) is 17.8 Å². The highest BCUT2D eigenvalue weighted by atomic mass is 32.2. The van der Waals surface area contributed by atoms with Crippen molar-refractivity contribution in [3.8, 4) is 17.1 Å². The van der Waals surface area contributed by atoms with E-state index in [4.69, 9.17) is 0 Å². The zero-order chi connectivity index (χ0) is 15.5. The van der Waals surface area contributed by atoms with Crippen LogP contribution >= 0.6 is 23.5 Å². The minimum Gasteiger partial charge on any atom is -0.300 e. The summed E-state index contributed by atoms with van der Waals surface area (Å²) in [6.07, 6.45) is 8.07. The van der Waals surface area contributed by atoms with E-state index >= 15 is 0 Å². The van der Waals surface area contributed by atoms with Crippen molar-refractivity contribution in [2.45, 2.75) is 16.7 Å². The molecule has 4 heteroatoms. The maximum absolute atomic E-state index is 4.54. The molecule has 0 saturated carbocycles. The molecule has 0 atom stereocenters. The Morgan fingerprint density at radius 2 is 1.73 bits per heavy atom. The van der Waals surface area contributed by atoms with Gasteiger partial charge in [0.05, 0.1) is 0 Å². The summed E-state index contributed by atoms with van der Waals surface area (Å²) in [5, 5.41) is 0. The van der Waals surface area contributed by atoms with Gasteiger partial charge in [-0.05, 0) is 55.3 Å². The predicted octanol–water partition coefficient (Wildman–Crippen LogP) is 5.29. The van der Waals surface area contributed by atoms with Gasteiger partial charge in [0, 0.05) is 33.4 Å². The minimum absolute atomic E-state index is 0.976. The Morgan fingerprint density at radius 3 is 2.36 bits per heavy atom. The van der Waals surface area contributed by atoms with E-state index < -0.39 is 0 Å². The quantitative estimate of drug-likeness (QED) is 0.607. The van der Waals surface area contributed by atoms with E-state index in [1.807, 2.05) is 12.4 Å². The van der Waals surface area contributed by atoms with Crippen molar-refractivity contribution in [3.63, 3.8) is 0 Å². The number of aryl methyl sites for hydroxylation is 1. The SMILES string of the molecule is CSc1ccc(-c2nccn2-c2ccc(SC)c(C)c2)cc1. The van der Waals surface area contributed by atoms with Gasteiger partial charge in [-0.25, -0.2) is 4.98 Å². The maximum Gasteiger partial charge on any atom is 0.144 e. The van der Waals surface area contributed by atoms with Crippen molar-refractivity contribution < 1.29 is 0 Å². The molecule has 1 aromatic heterocycles. The fourth-order valence-corrected chi connectivity index (χ4v) is 3.47. The summed E-state index contributed by atoms with van der Waals surface area (Å²) in [5.74, 6) is 0.976. The van der Waals surface area contributed by atoms with Crippen LogP contribution in [0, 0.1) is 6.92 Å². The first-order valence-corrected chi connectivity index (χ1v) is 9.50. The molecule has 3 rings (SSSR count). The van der Waals surface area contributed by atoms with Gasteiger partial charge in [-0.3, -0.25) is 4.57 Å². The van der Waals surface area contributed by atoms with Crippen LogP contribution in [0.25, 0.3) is 17.1 Å². The molecule has 0 spiro atoms. The number of thioether (sulfide) groups is 2. The lowest BCUT2D eigenvalue weighted by Crippen LogP contribution is -1.97. The molecule has 2 nitrogen and oxygen atoms in total. The van der Waals surface area contributed by atoms with Crippen LogP contribution < -0.4 is 0 Å². The highest BCUT2D eigenvalue weighted by Crippen LogP contribution is 2.27. The second-order valence-corrected chi connectivity index (χ2v) is 6.73. The summed E-state index contributed by atoms with van der Waals surface area (Å²) in [6, 6.07) is 15.1. The smallest absolute Gasteiger partial charge is 0.144 e. The van der Waals surface area contributed by atoms with Gasteiger partial charge in [0.1, 0.15) is 5.82 Å². The Morgan fingerprint density at radius 1 is 0.955 bits per heavy atom. The van der Waals surface area contributed by atoms with Gasteiger partial charge in [0.2, 0.25) is 0 Å². The summed E-state index contributed by atoms with van der Waals surface area (Å²) in [7, 11) is 0. The minimum atomic E-state index is 0.976. The Hall–Kier alpha value is -1.65. The third kappa shape index (κ3) is 2.94. The molecular weight excluding hydrogens is 308 g/mol. The molecule has 0 amide bonds. The van der Waals surface area contributed by atoms with Crippen LogP contribution in [-0.4, -0.2) is 22.1 Å². The molecular formula is C18H18N2S2. The van der Waals surface area contributed by atoms with Crippen LogP contribution in [0.5, 0.6) is 0 Å². The molecule has 0 fully saturated rings. The van der Waals surface area contributed by atoms with Crippen molar-refractivity contribution in [2.75, 3.05) is 12.5 Å². The van der Waals surface area contributed by atoms with Gasteiger partial charge >= 0.3 is 0 Å². The van der Waals surface area contributed by atoms with E-state index in [1.54, 1.807) is 23.5 Å². The molecule has 0 aliphatic carbocycles. The van der Waals surface area contributed by atoms with Crippen LogP contribution in [0.4, 0.5) is 0 Å². The third-order valence-electron chi connectivity index (χ3n) is 3.65. The zero-order valence-electron chi connectivity index (χ0n) is 12.9. The van der Waals surface area contributed by atoms with Gasteiger partial charge in [0.15, 0.2) is 0 Å². The highest BCUT2D eigenvalue weighted by molar-refractivity contribution is 7.98. The predicted molar refractivity (Wildman–Crippen MR) is 97.3 cm³/mol. The number of hydrogen-bond donors (Lipinski definition) is 0. The number of nitrogens with zero attached hydrogens (tertiary/aromatic N) is 2. The first-order valence-electron chi connectivity index (χ1n) is 7.05. The van der Waals surface area contributed by atoms with Crippen LogP contribution in [0.2, 0.25) is 0 Å². The lowest BCUT2D eigenvalue weighted by atomic mass is 10.2. The van der Waals surface area contributed by atoms with E-state index in [-0.39, 0.29) is 0 Å². The zero-order valence-corrected chi connectivity index (χ0v) is 14.5. The van der Waals surface area contributed by atoms with Crippen molar-refractivity contribution in [1.82, 2.24) is 9.55 Å². The van der Waals surface area contributed by atoms with Crippen LogP contribution in [0.3, 0.4) is 0 Å². The monoisotopic (exact) mass is 326 g/mol. The van der Waals surface area contributed by atoms with Crippen LogP contribution in [0.15, 0.2) is 64.6 Å². The molecule has 0 unspecified atom stereocenters. The Bertz CT molecular complexity index is 776. The van der Waals surface area contributed by atoms with Gasteiger partial charge in [-0.1, -0.05) is 12.1 Å². The Kier molecular flexibility index (Phi) is 4.60. The van der Waals surface area contributed by atoms with E-state index in [2.05, 4.69) is 71.5 Å². The number of hydrogen-bond acceptors (Lipinski definition) is 3. The molecule has 1 heterocycles. The Balaban J connectivity index is 2.02. The van der Waals surface area contributed by atoms with E-state index in [9.17, 15) is 0 Å². The molecule has 0 saturated heterocycles. The fourth-order valence-electron chi connectivity index (χ4n) is 2.48. The van der Waals surface area contributed by atoms with Crippen molar-refractivity contribution in [3.05, 3.63) is 60.4 Å². The first-order chi connectivity index (χ1) is 10.7. The van der Waals surface area contributed by atoms with Gasteiger partial charge in [0.25, 0.3) is 0 Å². The average Bonchev–Trinajstić information content (AvgIpc) is 3.04. The van der Waals surface area contributed by atoms with E-state index in [0.717, 1.165) is 17.1 Å². The molecule has 0 aliphatic heterocycles. The molecule has 0 bridgehead atoms. The fraction of sp³-hybridized carbons (Fsp3) is 0.167. The highest BCUT2D eigenvalue weighted by Gasteiger charge is 2.09. The lowest BCUT2D eigenvalue weighted by Gasteiger charge is -2.11. The number of rotatable bonds is 4. The Labute approximate surface area is 140 Å². The van der Waals surface area contributed by atoms with Gasteiger partial charge < -0.3 is 0 Å². The van der Waals surface area contributed by atoms with Gasteiger partial charge in [-0.15, -0.1) is 23.5 Å². The summed E-state index contributed by atoms with van der Waals surface area (Å²) >= 11 is 3.53. The molecule has 2 aromatic carbocycles. The van der Waals surface area contributed by atoms with Crippen LogP contribution in [-0.2, 0) is 0 Å². The molecule has 112 valence electrons. The molecule has 0 N–H and O–H groups in total. The number of aromatic nitrogens is 2. The average molecular weight is 326 g/mol. The summed E-state index contributed by atoms with van der Waals surface area (Å²) in [6.45, 7) is 2.15. The van der Waals surface area contributed by atoms with Crippen molar-refractivity contribution in [1.29, 1.82) is 0 Å². The largest absolute Gasteiger partial charge is 0.300 e. The van der Waals surface area contributed by atoms with Crippen LogP contribution in [0.1, 0.15) is 5.56 Å². The summed E-state index contributed by atoms with van der Waals surface area (Å²) < 4.78 is 2.14. The molecule has 3 aromatic rings. The number of benzene rings is 2. The van der Waals surface area contributed by atoms with Gasteiger partial charge in [-0.2, -0.15) is 0 Å². The molecule has 0 radical (unpaired) electrons. The van der Waals surface area contributed by atoms with Crippen molar-refractivity contribution >= 4 is 23.5 Å². The molecule has 0 aliphatic rings. The third-order valence-corrected chi connectivity index (χ3v) is 5.29. The standard InChI is InChI=1S/C18H18N2S2/c1-13-12-15(6-9-17(13)22-3)20-11-10-19-18(20)14-4-7-16(21-2)8-5-14/h4-12H,1-3H3. The van der Waals surface area contributed by atoms with Crippen molar-refractivity contribution in [2.24, 2.45) is 0 Å². The summed E-state index contributed by atoms with van der Waals surface area (Å²) in [4.78, 5) is 7.12. The number of imidazole rings is 1. The maximum atomic E-state index is 4.54. The second-order valence-electron chi connectivity index (χ2n) is 5.00. The lowest BCUT2D eigenvalue weighted by molar-refractivity contribution is 1.05. The first kappa shape index (κ1) is 15.3. The second kappa shape index (κ2) is 6.63. The van der Waals surface area contributed by atoms with E-state index in [1.165, 1.54) is 15.4 Å². The summed E-state index contributed by atoms with van der Waals surface area (Å²) in [5.41, 5.74) is 3.58. The molecule has 22 heavy (non-hydrogen) atoms.